The summed E-state index contributed by atoms with van der Waals surface area (Å²) < 4.78 is 21.3. The number of rotatable bonds is 18. The second kappa shape index (κ2) is 16.0. The van der Waals surface area contributed by atoms with Crippen LogP contribution in [0.3, 0.4) is 0 Å². The van der Waals surface area contributed by atoms with Crippen LogP contribution in [0.15, 0.2) is 0 Å². The first-order chi connectivity index (χ1) is 12.3. The maximum absolute atomic E-state index is 11.8. The SMILES string of the molecule is CCCCCCCCCCCCCCOP(=O)(O)ON(C(C)O)C(C)O. The third kappa shape index (κ3) is 15.1. The molecule has 7 nitrogen and oxygen atoms in total. The van der Waals surface area contributed by atoms with E-state index in [9.17, 15) is 19.7 Å². The Morgan fingerprint density at radius 1 is 0.808 bits per heavy atom. The Balaban J connectivity index is 3.57. The van der Waals surface area contributed by atoms with Crippen LogP contribution >= 0.6 is 7.82 Å². The Hall–Kier alpha value is -0.0100. The molecule has 26 heavy (non-hydrogen) atoms. The molecule has 0 amide bonds. The van der Waals surface area contributed by atoms with Crippen LogP contribution in [0.4, 0.5) is 0 Å². The third-order valence-corrected chi connectivity index (χ3v) is 5.09. The highest BCUT2D eigenvalue weighted by molar-refractivity contribution is 7.47. The molecule has 158 valence electrons. The highest BCUT2D eigenvalue weighted by Crippen LogP contribution is 2.45. The summed E-state index contributed by atoms with van der Waals surface area (Å²) in [6.07, 6.45) is 12.0. The first-order valence-electron chi connectivity index (χ1n) is 10.1. The van der Waals surface area contributed by atoms with Crippen molar-refractivity contribution in [3.05, 3.63) is 0 Å². The fourth-order valence-corrected chi connectivity index (χ4v) is 3.63. The monoisotopic (exact) mass is 397 g/mol. The maximum Gasteiger partial charge on any atom is 0.489 e. The first kappa shape index (κ1) is 26.0. The van der Waals surface area contributed by atoms with Crippen LogP contribution < -0.4 is 0 Å². The largest absolute Gasteiger partial charge is 0.489 e. The Labute approximate surface area is 159 Å². The normalized spacial score (nSPS) is 16.6. The molecule has 0 rings (SSSR count). The van der Waals surface area contributed by atoms with Crippen LogP contribution in [0.1, 0.15) is 97.8 Å². The minimum atomic E-state index is -4.33. The highest BCUT2D eigenvalue weighted by Gasteiger charge is 2.30. The molecule has 0 saturated carbocycles. The van der Waals surface area contributed by atoms with Crippen molar-refractivity contribution in [3.63, 3.8) is 0 Å². The number of unbranched alkanes of at least 4 members (excludes halogenated alkanes) is 11. The molecule has 3 unspecified atom stereocenters. The molecule has 8 heteroatoms. The molecule has 0 aromatic rings. The molecule has 0 fully saturated rings. The van der Waals surface area contributed by atoms with E-state index in [4.69, 9.17) is 9.15 Å². The molecule has 0 aliphatic rings. The van der Waals surface area contributed by atoms with Crippen LogP contribution in [-0.2, 0) is 13.7 Å². The second-order valence-electron chi connectivity index (χ2n) is 6.90. The quantitative estimate of drug-likeness (QED) is 0.133. The summed E-state index contributed by atoms with van der Waals surface area (Å²) >= 11 is 0. The van der Waals surface area contributed by atoms with Gasteiger partial charge in [0.05, 0.1) is 6.61 Å². The zero-order valence-electron chi connectivity index (χ0n) is 16.8. The zero-order valence-corrected chi connectivity index (χ0v) is 17.7. The minimum Gasteiger partial charge on any atom is -0.376 e. The molecule has 3 N–H and O–H groups in total. The number of aliphatic hydroxyl groups excluding tert-OH is 2. The number of hydrogen-bond acceptors (Lipinski definition) is 6. The van der Waals surface area contributed by atoms with Crippen LogP contribution in [-0.4, -0.2) is 39.2 Å². The van der Waals surface area contributed by atoms with E-state index in [0.29, 0.717) is 11.5 Å². The fourth-order valence-electron chi connectivity index (χ4n) is 2.71. The van der Waals surface area contributed by atoms with Gasteiger partial charge in [0.2, 0.25) is 0 Å². The summed E-state index contributed by atoms with van der Waals surface area (Å²) in [5.41, 5.74) is 0. The average molecular weight is 397 g/mol. The van der Waals surface area contributed by atoms with Gasteiger partial charge in [0.25, 0.3) is 0 Å². The van der Waals surface area contributed by atoms with Crippen LogP contribution in [0.5, 0.6) is 0 Å². The van der Waals surface area contributed by atoms with Gasteiger partial charge in [-0.05, 0) is 20.3 Å². The molecule has 0 radical (unpaired) electrons. The molecule has 0 bridgehead atoms. The van der Waals surface area contributed by atoms with E-state index >= 15 is 0 Å². The van der Waals surface area contributed by atoms with Crippen LogP contribution in [0, 0.1) is 0 Å². The molecule has 3 atom stereocenters. The third-order valence-electron chi connectivity index (χ3n) is 4.19. The first-order valence-corrected chi connectivity index (χ1v) is 11.6. The number of hydrogen-bond donors (Lipinski definition) is 3. The minimum absolute atomic E-state index is 0.110. The van der Waals surface area contributed by atoms with E-state index in [1.807, 2.05) is 0 Å². The van der Waals surface area contributed by atoms with E-state index in [-0.39, 0.29) is 6.61 Å². The number of hydroxylamine groups is 2. The summed E-state index contributed by atoms with van der Waals surface area (Å²) in [6, 6.07) is 0. The van der Waals surface area contributed by atoms with E-state index in [0.717, 1.165) is 12.8 Å². The van der Waals surface area contributed by atoms with Gasteiger partial charge in [-0.25, -0.2) is 4.57 Å². The lowest BCUT2D eigenvalue weighted by molar-refractivity contribution is -0.246. The summed E-state index contributed by atoms with van der Waals surface area (Å²) in [6.45, 7) is 4.98. The number of phosphoric acid groups is 1. The van der Waals surface area contributed by atoms with Gasteiger partial charge in [-0.2, -0.15) is 4.62 Å². The van der Waals surface area contributed by atoms with Gasteiger partial charge < -0.3 is 15.1 Å². The topological polar surface area (TPSA) is 99.5 Å². The van der Waals surface area contributed by atoms with Crippen molar-refractivity contribution in [1.82, 2.24) is 5.06 Å². The number of phosphoric ester groups is 1. The summed E-state index contributed by atoms with van der Waals surface area (Å²) in [5.74, 6) is 0. The fraction of sp³-hybridized carbons (Fsp3) is 1.00. The Bertz CT molecular complexity index is 360. The van der Waals surface area contributed by atoms with Gasteiger partial charge in [0, 0.05) is 0 Å². The van der Waals surface area contributed by atoms with Crippen molar-refractivity contribution in [2.45, 2.75) is 110 Å². The highest BCUT2D eigenvalue weighted by atomic mass is 31.2. The molecule has 0 saturated heterocycles. The second-order valence-corrected chi connectivity index (χ2v) is 8.25. The van der Waals surface area contributed by atoms with Crippen molar-refractivity contribution in [2.24, 2.45) is 0 Å². The van der Waals surface area contributed by atoms with Gasteiger partial charge in [-0.15, -0.1) is 5.06 Å². The lowest BCUT2D eigenvalue weighted by atomic mass is 10.1. The van der Waals surface area contributed by atoms with E-state index in [1.165, 1.54) is 71.6 Å². The molecule has 0 heterocycles. The van der Waals surface area contributed by atoms with Crippen molar-refractivity contribution >= 4 is 7.82 Å². The summed E-state index contributed by atoms with van der Waals surface area (Å²) in [5, 5.41) is 19.4. The Morgan fingerprint density at radius 2 is 1.19 bits per heavy atom. The molecule has 0 aliphatic carbocycles. The van der Waals surface area contributed by atoms with Gasteiger partial charge in [0.1, 0.15) is 12.5 Å². The lowest BCUT2D eigenvalue weighted by Crippen LogP contribution is -2.39. The molecule has 0 aromatic carbocycles. The van der Waals surface area contributed by atoms with E-state index in [2.05, 4.69) is 6.92 Å². The smallest absolute Gasteiger partial charge is 0.376 e. The lowest BCUT2D eigenvalue weighted by Gasteiger charge is -2.27. The van der Waals surface area contributed by atoms with Crippen LogP contribution in [0.2, 0.25) is 0 Å². The Kier molecular flexibility index (Phi) is 16.0. The van der Waals surface area contributed by atoms with E-state index in [1.54, 1.807) is 0 Å². The average Bonchev–Trinajstić information content (AvgIpc) is 2.56. The molecular formula is C18H40NO6P. The van der Waals surface area contributed by atoms with Crippen molar-refractivity contribution in [2.75, 3.05) is 6.61 Å². The van der Waals surface area contributed by atoms with Gasteiger partial charge in [-0.1, -0.05) is 77.6 Å². The molecule has 0 aliphatic heterocycles. The van der Waals surface area contributed by atoms with Crippen LogP contribution in [0.25, 0.3) is 0 Å². The van der Waals surface area contributed by atoms with Crippen molar-refractivity contribution in [1.29, 1.82) is 0 Å². The van der Waals surface area contributed by atoms with Crippen molar-refractivity contribution in [3.8, 4) is 0 Å². The van der Waals surface area contributed by atoms with Gasteiger partial charge >= 0.3 is 7.82 Å². The predicted molar refractivity (Wildman–Crippen MR) is 103 cm³/mol. The van der Waals surface area contributed by atoms with Gasteiger partial charge in [-0.3, -0.25) is 4.52 Å². The van der Waals surface area contributed by atoms with Gasteiger partial charge in [0.15, 0.2) is 0 Å². The maximum atomic E-state index is 11.8. The summed E-state index contributed by atoms with van der Waals surface area (Å²) in [7, 11) is -4.33. The Morgan fingerprint density at radius 3 is 1.58 bits per heavy atom. The standard InChI is InChI=1S/C18H40NO6P/c1-4-5-6-7-8-9-10-11-12-13-14-15-16-24-26(22,23)25-19(17(2)20)18(3)21/h17-18,20-21H,4-16H2,1-3H3,(H,22,23). The number of aliphatic hydroxyl groups is 2. The molecule has 0 spiro atoms. The predicted octanol–water partition coefficient (Wildman–Crippen LogP) is 4.71. The molecule has 0 aromatic heterocycles. The van der Waals surface area contributed by atoms with E-state index < -0.39 is 20.3 Å². The number of nitrogens with zero attached hydrogens (tertiary/aromatic N) is 1. The summed E-state index contributed by atoms with van der Waals surface area (Å²) in [4.78, 5) is 9.61. The molecular weight excluding hydrogens is 357 g/mol. The zero-order chi connectivity index (χ0) is 19.8. The van der Waals surface area contributed by atoms with Crippen molar-refractivity contribution < 1.29 is 28.8 Å².